The first kappa shape index (κ1) is 13.6. The van der Waals surface area contributed by atoms with Crippen LogP contribution >= 0.6 is 11.6 Å². The van der Waals surface area contributed by atoms with Crippen LogP contribution < -0.4 is 11.1 Å². The van der Waals surface area contributed by atoms with Crippen molar-refractivity contribution in [2.45, 2.75) is 0 Å². The van der Waals surface area contributed by atoms with E-state index in [4.69, 9.17) is 17.3 Å². The standard InChI is InChI=1S/C15H10ClF2N3/c16-9-3-6-12(14-8(9)2-1-7-20-14)21-15-11(19)5-4-10(17)13(15)18/h1-7,21H,19H2. The van der Waals surface area contributed by atoms with Crippen LogP contribution in [0.3, 0.4) is 0 Å². The Kier molecular flexibility index (Phi) is 3.35. The Bertz CT molecular complexity index is 837. The summed E-state index contributed by atoms with van der Waals surface area (Å²) in [6, 6.07) is 9.11. The minimum absolute atomic E-state index is 0.105. The molecule has 1 aromatic heterocycles. The van der Waals surface area contributed by atoms with Gasteiger partial charge in [-0.05, 0) is 36.4 Å². The van der Waals surface area contributed by atoms with E-state index in [0.717, 1.165) is 6.07 Å². The monoisotopic (exact) mass is 305 g/mol. The summed E-state index contributed by atoms with van der Waals surface area (Å²) in [5, 5.41) is 4.02. The van der Waals surface area contributed by atoms with Crippen molar-refractivity contribution in [3.63, 3.8) is 0 Å². The molecule has 0 saturated heterocycles. The predicted molar refractivity (Wildman–Crippen MR) is 80.8 cm³/mol. The van der Waals surface area contributed by atoms with Gasteiger partial charge in [-0.25, -0.2) is 8.78 Å². The number of hydrogen-bond acceptors (Lipinski definition) is 3. The Morgan fingerprint density at radius 2 is 1.90 bits per heavy atom. The Labute approximate surface area is 124 Å². The largest absolute Gasteiger partial charge is 0.397 e. The van der Waals surface area contributed by atoms with E-state index in [0.29, 0.717) is 21.6 Å². The van der Waals surface area contributed by atoms with Crippen molar-refractivity contribution in [1.29, 1.82) is 0 Å². The van der Waals surface area contributed by atoms with Crippen molar-refractivity contribution >= 4 is 39.6 Å². The summed E-state index contributed by atoms with van der Waals surface area (Å²) in [6.45, 7) is 0. The number of nitrogens with one attached hydrogen (secondary N) is 1. The molecule has 0 fully saturated rings. The Morgan fingerprint density at radius 3 is 2.71 bits per heavy atom. The number of nitrogens with zero attached hydrogens (tertiary/aromatic N) is 1. The molecule has 0 spiro atoms. The molecule has 0 unspecified atom stereocenters. The summed E-state index contributed by atoms with van der Waals surface area (Å²) in [7, 11) is 0. The Balaban J connectivity index is 2.16. The van der Waals surface area contributed by atoms with Gasteiger partial charge < -0.3 is 11.1 Å². The molecular weight excluding hydrogens is 296 g/mol. The van der Waals surface area contributed by atoms with Crippen LogP contribution in [-0.4, -0.2) is 4.98 Å². The molecule has 3 rings (SSSR count). The zero-order valence-corrected chi connectivity index (χ0v) is 11.5. The molecular formula is C15H10ClF2N3. The molecule has 0 bridgehead atoms. The van der Waals surface area contributed by atoms with Gasteiger partial charge >= 0.3 is 0 Å². The molecule has 0 aliphatic heterocycles. The van der Waals surface area contributed by atoms with E-state index in [-0.39, 0.29) is 11.4 Å². The third-order valence-corrected chi connectivity index (χ3v) is 3.43. The van der Waals surface area contributed by atoms with Gasteiger partial charge in [-0.1, -0.05) is 11.6 Å². The van der Waals surface area contributed by atoms with Crippen molar-refractivity contribution in [3.8, 4) is 0 Å². The zero-order valence-electron chi connectivity index (χ0n) is 10.7. The van der Waals surface area contributed by atoms with Gasteiger partial charge in [0.05, 0.1) is 21.9 Å². The van der Waals surface area contributed by atoms with Crippen molar-refractivity contribution in [2.75, 3.05) is 11.1 Å². The van der Waals surface area contributed by atoms with Crippen LogP contribution in [0.5, 0.6) is 0 Å². The third-order valence-electron chi connectivity index (χ3n) is 3.10. The summed E-state index contributed by atoms with van der Waals surface area (Å²) < 4.78 is 27.2. The molecule has 0 saturated carbocycles. The molecule has 2 aromatic carbocycles. The molecule has 0 amide bonds. The maximum absolute atomic E-state index is 13.9. The smallest absolute Gasteiger partial charge is 0.184 e. The van der Waals surface area contributed by atoms with Gasteiger partial charge in [0.2, 0.25) is 0 Å². The highest BCUT2D eigenvalue weighted by molar-refractivity contribution is 6.35. The van der Waals surface area contributed by atoms with E-state index in [1.54, 1.807) is 30.5 Å². The zero-order chi connectivity index (χ0) is 15.0. The number of pyridine rings is 1. The summed E-state index contributed by atoms with van der Waals surface area (Å²) in [5.41, 5.74) is 6.72. The summed E-state index contributed by atoms with van der Waals surface area (Å²) in [6.07, 6.45) is 1.59. The van der Waals surface area contributed by atoms with Gasteiger partial charge in [-0.15, -0.1) is 0 Å². The Morgan fingerprint density at radius 1 is 1.10 bits per heavy atom. The first-order valence-electron chi connectivity index (χ1n) is 6.11. The second-order valence-electron chi connectivity index (χ2n) is 4.45. The molecule has 0 aliphatic rings. The van der Waals surface area contributed by atoms with Crippen molar-refractivity contribution in [2.24, 2.45) is 0 Å². The quantitative estimate of drug-likeness (QED) is 0.686. The molecule has 0 radical (unpaired) electrons. The fourth-order valence-corrected chi connectivity index (χ4v) is 2.28. The second-order valence-corrected chi connectivity index (χ2v) is 4.85. The van der Waals surface area contributed by atoms with Gasteiger partial charge in [-0.3, -0.25) is 4.98 Å². The van der Waals surface area contributed by atoms with Crippen molar-refractivity contribution < 1.29 is 8.78 Å². The topological polar surface area (TPSA) is 50.9 Å². The number of nitrogen functional groups attached to an aromatic ring is 1. The first-order chi connectivity index (χ1) is 10.1. The average molecular weight is 306 g/mol. The van der Waals surface area contributed by atoms with E-state index in [1.165, 1.54) is 6.07 Å². The van der Waals surface area contributed by atoms with Crippen LogP contribution in [0.2, 0.25) is 5.02 Å². The third kappa shape index (κ3) is 2.36. The molecule has 21 heavy (non-hydrogen) atoms. The fraction of sp³-hybridized carbons (Fsp3) is 0. The molecule has 0 atom stereocenters. The number of anilines is 3. The number of hydrogen-bond donors (Lipinski definition) is 2. The minimum Gasteiger partial charge on any atom is -0.397 e. The second kappa shape index (κ2) is 5.18. The maximum Gasteiger partial charge on any atom is 0.184 e. The normalized spacial score (nSPS) is 10.8. The van der Waals surface area contributed by atoms with E-state index in [1.807, 2.05) is 0 Å². The van der Waals surface area contributed by atoms with Gasteiger partial charge in [0.15, 0.2) is 11.6 Å². The highest BCUT2D eigenvalue weighted by Gasteiger charge is 2.14. The van der Waals surface area contributed by atoms with Gasteiger partial charge in [0.1, 0.15) is 5.69 Å². The maximum atomic E-state index is 13.9. The molecule has 1 heterocycles. The molecule has 3 N–H and O–H groups in total. The molecule has 106 valence electrons. The number of aromatic nitrogens is 1. The van der Waals surface area contributed by atoms with Crippen LogP contribution in [0.25, 0.3) is 10.9 Å². The van der Waals surface area contributed by atoms with E-state index in [9.17, 15) is 8.78 Å². The first-order valence-corrected chi connectivity index (χ1v) is 6.49. The van der Waals surface area contributed by atoms with E-state index >= 15 is 0 Å². The number of fused-ring (bicyclic) bond motifs is 1. The summed E-state index contributed by atoms with van der Waals surface area (Å²) >= 11 is 6.09. The molecule has 0 aliphatic carbocycles. The van der Waals surface area contributed by atoms with Crippen molar-refractivity contribution in [3.05, 3.63) is 59.3 Å². The Hall–Kier alpha value is -2.40. The van der Waals surface area contributed by atoms with Gasteiger partial charge in [0.25, 0.3) is 0 Å². The van der Waals surface area contributed by atoms with E-state index < -0.39 is 11.6 Å². The summed E-state index contributed by atoms with van der Waals surface area (Å²) in [4.78, 5) is 4.22. The SMILES string of the molecule is Nc1ccc(F)c(F)c1Nc1ccc(Cl)c2cccnc12. The van der Waals surface area contributed by atoms with Crippen LogP contribution in [0.15, 0.2) is 42.6 Å². The number of rotatable bonds is 2. The predicted octanol–water partition coefficient (Wildman–Crippen LogP) is 4.49. The van der Waals surface area contributed by atoms with Crippen molar-refractivity contribution in [1.82, 2.24) is 4.98 Å². The molecule has 3 nitrogen and oxygen atoms in total. The highest BCUT2D eigenvalue weighted by Crippen LogP contribution is 2.33. The lowest BCUT2D eigenvalue weighted by Gasteiger charge is -2.13. The van der Waals surface area contributed by atoms with Gasteiger partial charge in [0, 0.05) is 11.6 Å². The molecule has 6 heteroatoms. The lowest BCUT2D eigenvalue weighted by Crippen LogP contribution is -2.02. The summed E-state index contributed by atoms with van der Waals surface area (Å²) in [5.74, 6) is -2.01. The highest BCUT2D eigenvalue weighted by atomic mass is 35.5. The average Bonchev–Trinajstić information content (AvgIpc) is 2.50. The van der Waals surface area contributed by atoms with Crippen LogP contribution in [0, 0.1) is 11.6 Å². The molecule has 3 aromatic rings. The number of halogens is 3. The lowest BCUT2D eigenvalue weighted by molar-refractivity contribution is 0.512. The van der Waals surface area contributed by atoms with Crippen LogP contribution in [0.1, 0.15) is 0 Å². The lowest BCUT2D eigenvalue weighted by atomic mass is 10.1. The number of benzene rings is 2. The number of nitrogens with two attached hydrogens (primary N) is 1. The van der Waals surface area contributed by atoms with Gasteiger partial charge in [-0.2, -0.15) is 0 Å². The van der Waals surface area contributed by atoms with E-state index in [2.05, 4.69) is 10.3 Å². The van der Waals surface area contributed by atoms with Crippen LogP contribution in [-0.2, 0) is 0 Å². The van der Waals surface area contributed by atoms with Crippen LogP contribution in [0.4, 0.5) is 25.8 Å². The minimum atomic E-state index is -1.03. The fourth-order valence-electron chi connectivity index (χ4n) is 2.07.